The Morgan fingerprint density at radius 3 is 2.53 bits per heavy atom. The van der Waals surface area contributed by atoms with E-state index in [0.717, 1.165) is 25.4 Å². The molecule has 1 saturated heterocycles. The first kappa shape index (κ1) is 25.9. The van der Waals surface area contributed by atoms with Crippen LogP contribution in [-0.4, -0.2) is 67.5 Å². The van der Waals surface area contributed by atoms with Gasteiger partial charge in [0.05, 0.1) is 20.3 Å². The Hall–Kier alpha value is -2.33. The fraction of sp³-hybridized carbons (Fsp3) is 0.636. The molecule has 180 valence electrons. The smallest absolute Gasteiger partial charge is 0.490 e. The Morgan fingerprint density at radius 2 is 1.94 bits per heavy atom. The minimum Gasteiger partial charge on any atom is -0.496 e. The van der Waals surface area contributed by atoms with Gasteiger partial charge in [0, 0.05) is 43.6 Å². The number of hydrogen-bond donors (Lipinski definition) is 2. The van der Waals surface area contributed by atoms with E-state index in [4.69, 9.17) is 19.4 Å². The van der Waals surface area contributed by atoms with Crippen molar-refractivity contribution >= 4 is 11.9 Å². The zero-order valence-corrected chi connectivity index (χ0v) is 18.4. The maximum Gasteiger partial charge on any atom is 0.490 e. The molecule has 2 atom stereocenters. The van der Waals surface area contributed by atoms with Crippen molar-refractivity contribution in [3.63, 3.8) is 0 Å². The third-order valence-corrected chi connectivity index (χ3v) is 5.65. The summed E-state index contributed by atoms with van der Waals surface area (Å²) in [5, 5.41) is 10.2. The maximum absolute atomic E-state index is 12.3. The van der Waals surface area contributed by atoms with E-state index >= 15 is 0 Å². The lowest BCUT2D eigenvalue weighted by molar-refractivity contribution is -0.192. The highest BCUT2D eigenvalue weighted by Gasteiger charge is 2.38. The fourth-order valence-electron chi connectivity index (χ4n) is 3.45. The van der Waals surface area contributed by atoms with Gasteiger partial charge in [-0.25, -0.2) is 4.79 Å². The van der Waals surface area contributed by atoms with Crippen molar-refractivity contribution in [2.24, 2.45) is 11.8 Å². The predicted octanol–water partition coefficient (Wildman–Crippen LogP) is 3.08. The van der Waals surface area contributed by atoms with Gasteiger partial charge in [-0.2, -0.15) is 13.2 Å². The van der Waals surface area contributed by atoms with Gasteiger partial charge < -0.3 is 19.9 Å². The lowest BCUT2D eigenvalue weighted by Gasteiger charge is -2.31. The molecule has 1 amide bonds. The maximum atomic E-state index is 12.3. The molecule has 7 nitrogen and oxygen atoms in total. The van der Waals surface area contributed by atoms with Crippen molar-refractivity contribution in [3.05, 3.63) is 29.8 Å². The molecule has 1 aliphatic heterocycles. The minimum absolute atomic E-state index is 0.159. The summed E-state index contributed by atoms with van der Waals surface area (Å²) in [5.41, 5.74) is 1.18. The number of para-hydroxylation sites is 1. The van der Waals surface area contributed by atoms with Crippen LogP contribution in [0.3, 0.4) is 0 Å². The number of halogens is 3. The molecular weight excluding hydrogens is 429 g/mol. The Morgan fingerprint density at radius 1 is 1.28 bits per heavy atom. The van der Waals surface area contributed by atoms with E-state index in [0.29, 0.717) is 31.6 Å². The van der Waals surface area contributed by atoms with Crippen LogP contribution >= 0.6 is 0 Å². The predicted molar refractivity (Wildman–Crippen MR) is 111 cm³/mol. The van der Waals surface area contributed by atoms with E-state index in [9.17, 15) is 18.0 Å². The Bertz CT molecular complexity index is 755. The van der Waals surface area contributed by atoms with Crippen LogP contribution in [-0.2, 0) is 20.9 Å². The second kappa shape index (κ2) is 12.1. The lowest BCUT2D eigenvalue weighted by Crippen LogP contribution is -2.40. The van der Waals surface area contributed by atoms with Gasteiger partial charge in [-0.1, -0.05) is 18.2 Å². The van der Waals surface area contributed by atoms with Gasteiger partial charge in [-0.15, -0.1) is 0 Å². The van der Waals surface area contributed by atoms with Crippen molar-refractivity contribution in [2.75, 3.05) is 33.4 Å². The van der Waals surface area contributed by atoms with Crippen molar-refractivity contribution in [3.8, 4) is 5.75 Å². The molecular formula is C22H31F3N2O5. The van der Waals surface area contributed by atoms with Gasteiger partial charge in [-0.05, 0) is 31.7 Å². The number of carboxylic acid groups (broad SMARTS) is 1. The molecule has 3 rings (SSSR count). The molecule has 1 heterocycles. The Kier molecular flexibility index (Phi) is 9.77. The number of hydrogen-bond acceptors (Lipinski definition) is 5. The average Bonchev–Trinajstić information content (AvgIpc) is 3.58. The number of aliphatic carboxylic acids is 1. The van der Waals surface area contributed by atoms with Crippen LogP contribution in [0.1, 0.15) is 31.7 Å². The first-order valence-corrected chi connectivity index (χ1v) is 10.6. The van der Waals surface area contributed by atoms with Gasteiger partial charge in [0.15, 0.2) is 0 Å². The van der Waals surface area contributed by atoms with E-state index in [1.54, 1.807) is 7.11 Å². The summed E-state index contributed by atoms with van der Waals surface area (Å²) in [6, 6.07) is 8.43. The van der Waals surface area contributed by atoms with Gasteiger partial charge in [0.2, 0.25) is 5.91 Å². The average molecular weight is 460 g/mol. The lowest BCUT2D eigenvalue weighted by atomic mass is 9.96. The molecule has 2 fully saturated rings. The van der Waals surface area contributed by atoms with Gasteiger partial charge in [0.25, 0.3) is 0 Å². The summed E-state index contributed by atoms with van der Waals surface area (Å²) in [6.45, 7) is 6.10. The second-order valence-corrected chi connectivity index (χ2v) is 8.11. The number of methoxy groups -OCH3 is 1. The number of rotatable bonds is 7. The summed E-state index contributed by atoms with van der Waals surface area (Å²) in [7, 11) is 1.71. The molecule has 1 aliphatic carbocycles. The van der Waals surface area contributed by atoms with Crippen LogP contribution in [0.25, 0.3) is 0 Å². The fourth-order valence-corrected chi connectivity index (χ4v) is 3.45. The number of benzene rings is 1. The van der Waals surface area contributed by atoms with E-state index in [1.807, 2.05) is 18.2 Å². The molecule has 2 aliphatic rings. The third kappa shape index (κ3) is 8.66. The molecule has 1 aromatic carbocycles. The molecule has 2 N–H and O–H groups in total. The van der Waals surface area contributed by atoms with E-state index in [2.05, 4.69) is 23.2 Å². The molecule has 0 radical (unpaired) electrons. The van der Waals surface area contributed by atoms with E-state index < -0.39 is 12.1 Å². The molecule has 0 spiro atoms. The Labute approximate surface area is 185 Å². The number of ether oxygens (including phenoxy) is 2. The van der Waals surface area contributed by atoms with Crippen LogP contribution < -0.4 is 10.1 Å². The summed E-state index contributed by atoms with van der Waals surface area (Å²) in [5.74, 6) is -0.747. The SMILES string of the molecule is COc1ccccc1CN1CCOC[C@H](CC(=O)NCC2CC2)[C@H]1C.O=C(O)C(F)(F)F. The number of carbonyl (C=O) groups is 2. The third-order valence-electron chi connectivity index (χ3n) is 5.65. The minimum atomic E-state index is -5.08. The number of carboxylic acids is 1. The van der Waals surface area contributed by atoms with Gasteiger partial charge in [-0.3, -0.25) is 9.69 Å². The van der Waals surface area contributed by atoms with Gasteiger partial charge >= 0.3 is 12.1 Å². The highest BCUT2D eigenvalue weighted by Crippen LogP contribution is 2.28. The standard InChI is InChI=1S/C20H30N2O3.C2HF3O2/c1-15-18(11-20(23)21-12-16-7-8-16)14-25-10-9-22(15)13-17-5-3-4-6-19(17)24-2;3-2(4,5)1(6)7/h3-6,15-16,18H,7-14H2,1-2H3,(H,21,23);(H,6,7)/t15-,18+;/m1./s1. The topological polar surface area (TPSA) is 88.1 Å². The quantitative estimate of drug-likeness (QED) is 0.650. The van der Waals surface area contributed by atoms with Gasteiger partial charge in [0.1, 0.15) is 5.75 Å². The molecule has 1 saturated carbocycles. The summed E-state index contributed by atoms with van der Waals surface area (Å²) >= 11 is 0. The second-order valence-electron chi connectivity index (χ2n) is 8.11. The summed E-state index contributed by atoms with van der Waals surface area (Å²) < 4.78 is 43.0. The molecule has 0 unspecified atom stereocenters. The molecule has 1 aromatic rings. The summed E-state index contributed by atoms with van der Waals surface area (Å²) in [6.07, 6.45) is -2.03. The highest BCUT2D eigenvalue weighted by molar-refractivity contribution is 5.76. The van der Waals surface area contributed by atoms with Crippen molar-refractivity contribution in [2.45, 2.75) is 44.9 Å². The van der Waals surface area contributed by atoms with Crippen LogP contribution in [0.4, 0.5) is 13.2 Å². The van der Waals surface area contributed by atoms with Crippen LogP contribution in [0.5, 0.6) is 5.75 Å². The number of carbonyl (C=O) groups excluding carboxylic acids is 1. The molecule has 32 heavy (non-hydrogen) atoms. The molecule has 0 aromatic heterocycles. The van der Waals surface area contributed by atoms with Crippen LogP contribution in [0.15, 0.2) is 24.3 Å². The normalized spacial score (nSPS) is 21.7. The largest absolute Gasteiger partial charge is 0.496 e. The molecule has 10 heteroatoms. The van der Waals surface area contributed by atoms with E-state index in [-0.39, 0.29) is 11.8 Å². The number of nitrogens with one attached hydrogen (secondary N) is 1. The Balaban J connectivity index is 0.000000451. The van der Waals surface area contributed by atoms with Crippen LogP contribution in [0.2, 0.25) is 0 Å². The monoisotopic (exact) mass is 460 g/mol. The number of amides is 1. The van der Waals surface area contributed by atoms with Crippen LogP contribution in [0, 0.1) is 11.8 Å². The zero-order valence-electron chi connectivity index (χ0n) is 18.4. The highest BCUT2D eigenvalue weighted by atomic mass is 19.4. The summed E-state index contributed by atoms with van der Waals surface area (Å²) in [4.78, 5) is 23.6. The number of alkyl halides is 3. The van der Waals surface area contributed by atoms with Crippen molar-refractivity contribution in [1.82, 2.24) is 10.2 Å². The van der Waals surface area contributed by atoms with Crippen molar-refractivity contribution < 1.29 is 37.3 Å². The number of nitrogens with zero attached hydrogens (tertiary/aromatic N) is 1. The van der Waals surface area contributed by atoms with E-state index in [1.165, 1.54) is 18.4 Å². The zero-order chi connectivity index (χ0) is 23.7. The van der Waals surface area contributed by atoms with Crippen molar-refractivity contribution in [1.29, 1.82) is 0 Å². The molecule has 0 bridgehead atoms. The first-order valence-electron chi connectivity index (χ1n) is 10.6. The first-order chi connectivity index (χ1) is 15.1.